The number of aliphatic hydroxyl groups is 1. The molecule has 0 aliphatic rings. The maximum absolute atomic E-state index is 11.9. The van der Waals surface area contributed by atoms with Crippen LogP contribution in [0.2, 0.25) is 0 Å². The van der Waals surface area contributed by atoms with E-state index in [1.54, 1.807) is 0 Å². The minimum Gasteiger partial charge on any atom is -0.395 e. The minimum atomic E-state index is 0.0666. The van der Waals surface area contributed by atoms with Gasteiger partial charge in [-0.25, -0.2) is 0 Å². The van der Waals surface area contributed by atoms with Gasteiger partial charge in [-0.2, -0.15) is 0 Å². The number of nitrogens with two attached hydrogens (primary N) is 1. The Hall–Kier alpha value is -0.650. The molecule has 0 unspecified atom stereocenters. The maximum atomic E-state index is 11.9. The van der Waals surface area contributed by atoms with Crippen molar-refractivity contribution in [2.24, 2.45) is 16.6 Å². The van der Waals surface area contributed by atoms with Crippen LogP contribution in [-0.2, 0) is 4.79 Å². The topological polar surface area (TPSA) is 78.6 Å². The Morgan fingerprint density at radius 2 is 1.76 bits per heavy atom. The highest BCUT2D eigenvalue weighted by Gasteiger charge is 2.25. The fraction of sp³-hybridized carbons (Fsp3) is 0.938. The molecule has 0 aromatic carbocycles. The lowest BCUT2D eigenvalue weighted by Gasteiger charge is -2.32. The van der Waals surface area contributed by atoms with Gasteiger partial charge in [0.1, 0.15) is 0 Å². The second-order valence-electron chi connectivity index (χ2n) is 7.78. The number of hydrogen-bond donors (Lipinski definition) is 3. The number of amides is 1. The molecule has 0 bridgehead atoms. The molecular weight excluding hydrogens is 266 g/mol. The lowest BCUT2D eigenvalue weighted by molar-refractivity contribution is -0.122. The Bertz CT molecular complexity index is 292. The van der Waals surface area contributed by atoms with Gasteiger partial charge in [-0.3, -0.25) is 9.69 Å². The van der Waals surface area contributed by atoms with Gasteiger partial charge in [-0.05, 0) is 17.3 Å². The third-order valence-corrected chi connectivity index (χ3v) is 3.29. The van der Waals surface area contributed by atoms with E-state index in [-0.39, 0.29) is 23.3 Å². The van der Waals surface area contributed by atoms with Crippen LogP contribution in [0.5, 0.6) is 0 Å². The fourth-order valence-corrected chi connectivity index (χ4v) is 2.84. The Labute approximate surface area is 130 Å². The summed E-state index contributed by atoms with van der Waals surface area (Å²) in [4.78, 5) is 14.0. The molecule has 5 heteroatoms. The maximum Gasteiger partial charge on any atom is 0.221 e. The average Bonchev–Trinajstić information content (AvgIpc) is 2.31. The van der Waals surface area contributed by atoms with E-state index in [1.165, 1.54) is 0 Å². The zero-order chi connectivity index (χ0) is 16.5. The van der Waals surface area contributed by atoms with Crippen LogP contribution in [0.25, 0.3) is 0 Å². The van der Waals surface area contributed by atoms with E-state index in [9.17, 15) is 4.79 Å². The number of carbonyl (C=O) groups is 1. The van der Waals surface area contributed by atoms with Crippen LogP contribution in [-0.4, -0.2) is 55.2 Å². The first-order chi connectivity index (χ1) is 9.59. The van der Waals surface area contributed by atoms with Gasteiger partial charge in [0.15, 0.2) is 0 Å². The summed E-state index contributed by atoms with van der Waals surface area (Å²) in [6, 6.07) is 0. The van der Waals surface area contributed by atoms with E-state index in [0.29, 0.717) is 39.1 Å². The quantitative estimate of drug-likeness (QED) is 0.567. The van der Waals surface area contributed by atoms with Crippen molar-refractivity contribution in [3.63, 3.8) is 0 Å². The molecule has 0 aliphatic heterocycles. The molecule has 0 atom stereocenters. The Kier molecular flexibility index (Phi) is 9.09. The highest BCUT2D eigenvalue weighted by atomic mass is 16.3. The number of carbonyl (C=O) groups excluding carboxylic acids is 1. The van der Waals surface area contributed by atoms with E-state index in [0.717, 1.165) is 6.42 Å². The van der Waals surface area contributed by atoms with Crippen molar-refractivity contribution in [2.75, 3.05) is 39.3 Å². The first kappa shape index (κ1) is 20.3. The van der Waals surface area contributed by atoms with Crippen LogP contribution >= 0.6 is 0 Å². The summed E-state index contributed by atoms with van der Waals surface area (Å²) in [6.45, 7) is 14.3. The van der Waals surface area contributed by atoms with Crippen LogP contribution in [0, 0.1) is 10.8 Å². The van der Waals surface area contributed by atoms with Gasteiger partial charge in [0, 0.05) is 39.1 Å². The van der Waals surface area contributed by atoms with Crippen molar-refractivity contribution >= 4 is 5.91 Å². The number of rotatable bonds is 10. The number of hydrogen-bond acceptors (Lipinski definition) is 4. The molecule has 0 fully saturated rings. The Morgan fingerprint density at radius 1 is 1.14 bits per heavy atom. The van der Waals surface area contributed by atoms with Crippen LogP contribution in [0.15, 0.2) is 0 Å². The summed E-state index contributed by atoms with van der Waals surface area (Å²) in [7, 11) is 0. The van der Waals surface area contributed by atoms with Crippen LogP contribution < -0.4 is 11.1 Å². The second kappa shape index (κ2) is 9.38. The molecule has 0 spiro atoms. The predicted octanol–water partition coefficient (Wildman–Crippen LogP) is 1.21. The summed E-state index contributed by atoms with van der Waals surface area (Å²) in [5.74, 6) is 0.0666. The molecule has 0 aliphatic carbocycles. The van der Waals surface area contributed by atoms with E-state index >= 15 is 0 Å². The molecule has 126 valence electrons. The van der Waals surface area contributed by atoms with Crippen molar-refractivity contribution in [3.8, 4) is 0 Å². The molecule has 0 radical (unpaired) electrons. The van der Waals surface area contributed by atoms with Crippen molar-refractivity contribution in [1.82, 2.24) is 10.2 Å². The monoisotopic (exact) mass is 301 g/mol. The van der Waals surface area contributed by atoms with Crippen LogP contribution in [0.3, 0.4) is 0 Å². The lowest BCUT2D eigenvalue weighted by atomic mass is 9.76. The Morgan fingerprint density at radius 3 is 2.24 bits per heavy atom. The highest BCUT2D eigenvalue weighted by Crippen LogP contribution is 2.32. The highest BCUT2D eigenvalue weighted by molar-refractivity contribution is 5.76. The summed E-state index contributed by atoms with van der Waals surface area (Å²) in [5.41, 5.74) is 5.87. The van der Waals surface area contributed by atoms with Crippen molar-refractivity contribution < 1.29 is 9.90 Å². The normalized spacial score (nSPS) is 12.8. The fourth-order valence-electron chi connectivity index (χ4n) is 2.84. The molecule has 0 heterocycles. The standard InChI is InChI=1S/C16H35N3O2/c1-15(2,3)12-16(4,5)13-18-14(21)6-8-19(9-7-17)10-11-20/h20H,6-13,17H2,1-5H3,(H,18,21). The Balaban J connectivity index is 4.08. The predicted molar refractivity (Wildman–Crippen MR) is 88.1 cm³/mol. The SMILES string of the molecule is CC(C)(C)CC(C)(C)CNC(=O)CCN(CCN)CCO. The molecule has 5 nitrogen and oxygen atoms in total. The first-order valence-electron chi connectivity index (χ1n) is 7.90. The van der Waals surface area contributed by atoms with Gasteiger partial charge in [0.05, 0.1) is 6.61 Å². The van der Waals surface area contributed by atoms with E-state index in [2.05, 4.69) is 39.9 Å². The number of aliphatic hydroxyl groups excluding tert-OH is 1. The van der Waals surface area contributed by atoms with E-state index in [4.69, 9.17) is 10.8 Å². The molecule has 1 amide bonds. The molecule has 21 heavy (non-hydrogen) atoms. The smallest absolute Gasteiger partial charge is 0.221 e. The molecule has 0 saturated carbocycles. The molecular formula is C16H35N3O2. The van der Waals surface area contributed by atoms with Crippen molar-refractivity contribution in [2.45, 2.75) is 47.5 Å². The third kappa shape index (κ3) is 11.7. The van der Waals surface area contributed by atoms with Crippen LogP contribution in [0.1, 0.15) is 47.5 Å². The molecule has 0 aromatic rings. The van der Waals surface area contributed by atoms with E-state index < -0.39 is 0 Å². The first-order valence-corrected chi connectivity index (χ1v) is 7.90. The summed E-state index contributed by atoms with van der Waals surface area (Å²) >= 11 is 0. The van der Waals surface area contributed by atoms with Gasteiger partial charge in [0.2, 0.25) is 5.91 Å². The number of nitrogens with zero attached hydrogens (tertiary/aromatic N) is 1. The zero-order valence-corrected chi connectivity index (χ0v) is 14.5. The van der Waals surface area contributed by atoms with E-state index in [1.807, 2.05) is 4.90 Å². The van der Waals surface area contributed by atoms with Gasteiger partial charge >= 0.3 is 0 Å². The second-order valence-corrected chi connectivity index (χ2v) is 7.78. The average molecular weight is 301 g/mol. The summed E-state index contributed by atoms with van der Waals surface area (Å²) in [5, 5.41) is 12.0. The van der Waals surface area contributed by atoms with Gasteiger partial charge in [-0.1, -0.05) is 34.6 Å². The van der Waals surface area contributed by atoms with Gasteiger partial charge in [-0.15, -0.1) is 0 Å². The van der Waals surface area contributed by atoms with Gasteiger partial charge in [0.25, 0.3) is 0 Å². The number of nitrogens with one attached hydrogen (secondary N) is 1. The van der Waals surface area contributed by atoms with Crippen molar-refractivity contribution in [1.29, 1.82) is 0 Å². The molecule has 0 rings (SSSR count). The van der Waals surface area contributed by atoms with Crippen molar-refractivity contribution in [3.05, 3.63) is 0 Å². The van der Waals surface area contributed by atoms with Crippen LogP contribution in [0.4, 0.5) is 0 Å². The molecule has 0 saturated heterocycles. The lowest BCUT2D eigenvalue weighted by Crippen LogP contribution is -2.39. The largest absolute Gasteiger partial charge is 0.395 e. The molecule has 0 aromatic heterocycles. The summed E-state index contributed by atoms with van der Waals surface area (Å²) in [6.07, 6.45) is 1.51. The summed E-state index contributed by atoms with van der Waals surface area (Å²) < 4.78 is 0. The van der Waals surface area contributed by atoms with Gasteiger partial charge < -0.3 is 16.2 Å². The third-order valence-electron chi connectivity index (χ3n) is 3.29. The minimum absolute atomic E-state index is 0.0666. The zero-order valence-electron chi connectivity index (χ0n) is 14.5. The molecule has 4 N–H and O–H groups in total.